The largest absolute Gasteiger partial charge is 0.480 e. The van der Waals surface area contributed by atoms with E-state index in [1.807, 2.05) is 24.3 Å². The predicted octanol–water partition coefficient (Wildman–Crippen LogP) is 1.62. The standard InChI is InChI=1S/C18H24ClN3O4/c1-21(11-17(23)24)9-14-10-22(6-7-26-14)18(25)20-16-8-15(16)12-2-4-13(19)5-3-12/h2-5,14-16H,6-11H2,1H3,(H,20,25)(H,23,24)/t14?,15-,16+/m0/s1. The molecule has 1 aliphatic heterocycles. The van der Waals surface area contributed by atoms with Gasteiger partial charge in [0.25, 0.3) is 0 Å². The van der Waals surface area contributed by atoms with Crippen molar-refractivity contribution < 1.29 is 19.4 Å². The summed E-state index contributed by atoms with van der Waals surface area (Å²) in [7, 11) is 1.73. The minimum absolute atomic E-state index is 0.0447. The Balaban J connectivity index is 1.46. The Bertz CT molecular complexity index is 654. The fourth-order valence-corrected chi connectivity index (χ4v) is 3.47. The van der Waals surface area contributed by atoms with E-state index in [2.05, 4.69) is 5.32 Å². The first kappa shape index (κ1) is 18.9. The topological polar surface area (TPSA) is 82.1 Å². The minimum Gasteiger partial charge on any atom is -0.480 e. The monoisotopic (exact) mass is 381 g/mol. The van der Waals surface area contributed by atoms with Gasteiger partial charge in [0, 0.05) is 36.6 Å². The third-order valence-corrected chi connectivity index (χ3v) is 5.00. The van der Waals surface area contributed by atoms with Crippen LogP contribution < -0.4 is 5.32 Å². The lowest BCUT2D eigenvalue weighted by atomic mass is 10.1. The summed E-state index contributed by atoms with van der Waals surface area (Å²) in [6.45, 7) is 1.91. The van der Waals surface area contributed by atoms with E-state index in [4.69, 9.17) is 21.4 Å². The highest BCUT2D eigenvalue weighted by molar-refractivity contribution is 6.30. The number of nitrogens with one attached hydrogen (secondary N) is 1. The van der Waals surface area contributed by atoms with Gasteiger partial charge in [0.05, 0.1) is 19.3 Å². The number of carboxylic acid groups (broad SMARTS) is 1. The van der Waals surface area contributed by atoms with Gasteiger partial charge in [0.1, 0.15) is 0 Å². The molecule has 2 amide bonds. The maximum absolute atomic E-state index is 12.5. The van der Waals surface area contributed by atoms with Gasteiger partial charge in [0.2, 0.25) is 0 Å². The normalized spacial score (nSPS) is 25.2. The molecule has 7 nitrogen and oxygen atoms in total. The summed E-state index contributed by atoms with van der Waals surface area (Å²) in [5.74, 6) is -0.533. The zero-order chi connectivity index (χ0) is 18.7. The van der Waals surface area contributed by atoms with Crippen LogP contribution in [0.25, 0.3) is 0 Å². The molecule has 1 aromatic carbocycles. The Morgan fingerprint density at radius 1 is 1.38 bits per heavy atom. The number of ether oxygens (including phenoxy) is 1. The zero-order valence-corrected chi connectivity index (χ0v) is 15.5. The van der Waals surface area contributed by atoms with Gasteiger partial charge in [-0.25, -0.2) is 4.79 Å². The number of amides is 2. The van der Waals surface area contributed by atoms with Crippen LogP contribution in [0.2, 0.25) is 5.02 Å². The Hall–Kier alpha value is -1.83. The first-order chi connectivity index (χ1) is 12.4. The molecule has 142 valence electrons. The molecule has 1 unspecified atom stereocenters. The van der Waals surface area contributed by atoms with Crippen molar-refractivity contribution in [2.45, 2.75) is 24.5 Å². The number of carbonyl (C=O) groups is 2. The highest BCUT2D eigenvalue weighted by Crippen LogP contribution is 2.41. The first-order valence-electron chi connectivity index (χ1n) is 8.75. The van der Waals surface area contributed by atoms with Crippen molar-refractivity contribution in [3.05, 3.63) is 34.9 Å². The number of nitrogens with zero attached hydrogens (tertiary/aromatic N) is 2. The second-order valence-corrected chi connectivity index (χ2v) is 7.42. The molecule has 1 aromatic rings. The predicted molar refractivity (Wildman–Crippen MR) is 97.6 cm³/mol. The lowest BCUT2D eigenvalue weighted by molar-refractivity contribution is -0.138. The van der Waals surface area contributed by atoms with Gasteiger partial charge in [-0.1, -0.05) is 23.7 Å². The summed E-state index contributed by atoms with van der Waals surface area (Å²) in [5.41, 5.74) is 1.19. The molecule has 0 aromatic heterocycles. The molecule has 1 saturated heterocycles. The van der Waals surface area contributed by atoms with E-state index in [1.54, 1.807) is 16.8 Å². The smallest absolute Gasteiger partial charge is 0.317 e. The van der Waals surface area contributed by atoms with Crippen molar-refractivity contribution in [3.8, 4) is 0 Å². The summed E-state index contributed by atoms with van der Waals surface area (Å²) in [6, 6.07) is 7.81. The lowest BCUT2D eigenvalue weighted by Gasteiger charge is -2.34. The van der Waals surface area contributed by atoms with E-state index in [0.717, 1.165) is 6.42 Å². The van der Waals surface area contributed by atoms with E-state index >= 15 is 0 Å². The van der Waals surface area contributed by atoms with Crippen LogP contribution in [-0.2, 0) is 9.53 Å². The van der Waals surface area contributed by atoms with Crippen molar-refractivity contribution in [1.82, 2.24) is 15.1 Å². The molecule has 8 heteroatoms. The number of rotatable bonds is 6. The average molecular weight is 382 g/mol. The average Bonchev–Trinajstić information content (AvgIpc) is 3.34. The number of carboxylic acids is 1. The SMILES string of the molecule is CN(CC(=O)O)CC1CN(C(=O)N[C@@H]2C[C@H]2c2ccc(Cl)cc2)CCO1. The molecule has 3 atom stereocenters. The second kappa shape index (κ2) is 8.24. The Labute approximate surface area is 157 Å². The van der Waals surface area contributed by atoms with Crippen molar-refractivity contribution in [2.24, 2.45) is 0 Å². The van der Waals surface area contributed by atoms with Crippen LogP contribution in [0.3, 0.4) is 0 Å². The molecule has 3 rings (SSSR count). The number of urea groups is 1. The summed E-state index contributed by atoms with van der Waals surface area (Å²) >= 11 is 5.91. The van der Waals surface area contributed by atoms with E-state index < -0.39 is 5.97 Å². The molecule has 2 fully saturated rings. The van der Waals surface area contributed by atoms with E-state index in [-0.39, 0.29) is 24.7 Å². The third-order valence-electron chi connectivity index (χ3n) is 4.74. The van der Waals surface area contributed by atoms with Crippen LogP contribution >= 0.6 is 11.6 Å². The minimum atomic E-state index is -0.875. The maximum Gasteiger partial charge on any atom is 0.317 e. The Morgan fingerprint density at radius 2 is 2.12 bits per heavy atom. The summed E-state index contributed by atoms with van der Waals surface area (Å²) < 4.78 is 5.66. The number of benzene rings is 1. The van der Waals surface area contributed by atoms with Gasteiger partial charge in [-0.05, 0) is 31.2 Å². The van der Waals surface area contributed by atoms with Crippen molar-refractivity contribution in [3.63, 3.8) is 0 Å². The number of morpholine rings is 1. The molecule has 26 heavy (non-hydrogen) atoms. The van der Waals surface area contributed by atoms with E-state index in [0.29, 0.717) is 37.2 Å². The van der Waals surface area contributed by atoms with Crippen LogP contribution in [-0.4, -0.2) is 78.9 Å². The van der Waals surface area contributed by atoms with Crippen molar-refractivity contribution in [1.29, 1.82) is 0 Å². The first-order valence-corrected chi connectivity index (χ1v) is 9.13. The fraction of sp³-hybridized carbons (Fsp3) is 0.556. The highest BCUT2D eigenvalue weighted by atomic mass is 35.5. The quantitative estimate of drug-likeness (QED) is 0.782. The number of carbonyl (C=O) groups excluding carboxylic acids is 1. The van der Waals surface area contributed by atoms with Crippen molar-refractivity contribution in [2.75, 3.05) is 39.8 Å². The molecule has 0 bridgehead atoms. The van der Waals surface area contributed by atoms with Gasteiger partial charge in [-0.2, -0.15) is 0 Å². The molecule has 0 spiro atoms. The van der Waals surface area contributed by atoms with Crippen LogP contribution in [0.1, 0.15) is 17.9 Å². The Morgan fingerprint density at radius 3 is 2.81 bits per heavy atom. The summed E-state index contributed by atoms with van der Waals surface area (Å²) in [5, 5.41) is 12.6. The van der Waals surface area contributed by atoms with E-state index in [1.165, 1.54) is 5.56 Å². The van der Waals surface area contributed by atoms with Gasteiger partial charge < -0.3 is 20.1 Å². The fourth-order valence-electron chi connectivity index (χ4n) is 3.34. The van der Waals surface area contributed by atoms with E-state index in [9.17, 15) is 9.59 Å². The molecule has 0 radical (unpaired) electrons. The number of likely N-dealkylation sites (N-methyl/N-ethyl adjacent to an activating group) is 1. The van der Waals surface area contributed by atoms with Crippen LogP contribution in [0.5, 0.6) is 0 Å². The van der Waals surface area contributed by atoms with Gasteiger partial charge in [-0.15, -0.1) is 0 Å². The molecular formula is C18H24ClN3O4. The zero-order valence-electron chi connectivity index (χ0n) is 14.7. The van der Waals surface area contributed by atoms with Crippen molar-refractivity contribution >= 4 is 23.6 Å². The molecule has 1 heterocycles. The number of halogens is 1. The van der Waals surface area contributed by atoms with Crippen LogP contribution in [0.4, 0.5) is 4.79 Å². The maximum atomic E-state index is 12.5. The van der Waals surface area contributed by atoms with Gasteiger partial charge >= 0.3 is 12.0 Å². The molecule has 1 saturated carbocycles. The third kappa shape index (κ3) is 5.09. The molecule has 1 aliphatic carbocycles. The molecule has 2 aliphatic rings. The number of hydrogen-bond acceptors (Lipinski definition) is 4. The number of hydrogen-bond donors (Lipinski definition) is 2. The summed E-state index contributed by atoms with van der Waals surface area (Å²) in [4.78, 5) is 26.7. The van der Waals surface area contributed by atoms with Crippen LogP contribution in [0.15, 0.2) is 24.3 Å². The summed E-state index contributed by atoms with van der Waals surface area (Å²) in [6.07, 6.45) is 0.757. The highest BCUT2D eigenvalue weighted by Gasteiger charge is 2.40. The second-order valence-electron chi connectivity index (χ2n) is 6.98. The molecule has 2 N–H and O–H groups in total. The van der Waals surface area contributed by atoms with Gasteiger partial charge in [0.15, 0.2) is 0 Å². The van der Waals surface area contributed by atoms with Gasteiger partial charge in [-0.3, -0.25) is 9.69 Å². The molecular weight excluding hydrogens is 358 g/mol. The Kier molecular flexibility index (Phi) is 6.01. The lowest BCUT2D eigenvalue weighted by Crippen LogP contribution is -2.52. The number of aliphatic carboxylic acids is 1. The van der Waals surface area contributed by atoms with Crippen LogP contribution in [0, 0.1) is 0 Å².